The summed E-state index contributed by atoms with van der Waals surface area (Å²) in [6.07, 6.45) is 0. The van der Waals surface area contributed by atoms with Crippen molar-refractivity contribution in [3.63, 3.8) is 0 Å². The molecule has 2 amide bonds. The third kappa shape index (κ3) is 3.55. The largest absolute Gasteiger partial charge is 0.494 e. The number of carbonyl (C=O) groups excluding carboxylic acids is 1. The van der Waals surface area contributed by atoms with Crippen molar-refractivity contribution in [2.24, 2.45) is 0 Å². The molecule has 6 heteroatoms. The van der Waals surface area contributed by atoms with Crippen molar-refractivity contribution in [2.75, 3.05) is 17.2 Å². The Labute approximate surface area is 138 Å². The van der Waals surface area contributed by atoms with Crippen LogP contribution in [0.4, 0.5) is 16.4 Å². The highest BCUT2D eigenvalue weighted by molar-refractivity contribution is 5.99. The number of anilines is 2. The fourth-order valence-electron chi connectivity index (χ4n) is 2.24. The molecule has 0 unspecified atom stereocenters. The maximum atomic E-state index is 12.0. The van der Waals surface area contributed by atoms with E-state index in [1.807, 2.05) is 6.92 Å². The molecule has 0 aliphatic rings. The molecular formula is C18H16N2O4. The summed E-state index contributed by atoms with van der Waals surface area (Å²) in [5.74, 6) is 0.811. The summed E-state index contributed by atoms with van der Waals surface area (Å²) in [5.41, 5.74) is 0.800. The van der Waals surface area contributed by atoms with E-state index in [0.29, 0.717) is 23.3 Å². The van der Waals surface area contributed by atoms with Crippen molar-refractivity contribution >= 4 is 28.6 Å². The van der Waals surface area contributed by atoms with Crippen LogP contribution < -0.4 is 20.8 Å². The van der Waals surface area contributed by atoms with Crippen LogP contribution in [0.1, 0.15) is 6.92 Å². The van der Waals surface area contributed by atoms with Gasteiger partial charge < -0.3 is 14.5 Å². The zero-order valence-corrected chi connectivity index (χ0v) is 13.0. The van der Waals surface area contributed by atoms with Gasteiger partial charge in [0, 0.05) is 11.8 Å². The molecule has 0 saturated heterocycles. The SMILES string of the molecule is CCOc1ccc(NC(=O)Nc2cc(=O)c3ccccc3o2)cc1. The Kier molecular flexibility index (Phi) is 4.47. The number of rotatable bonds is 4. The number of nitrogens with one attached hydrogen (secondary N) is 2. The molecule has 3 rings (SSSR count). The molecule has 0 aliphatic heterocycles. The van der Waals surface area contributed by atoms with E-state index in [-0.39, 0.29) is 11.3 Å². The molecule has 0 aliphatic carbocycles. The molecule has 0 bridgehead atoms. The van der Waals surface area contributed by atoms with Crippen molar-refractivity contribution in [3.8, 4) is 5.75 Å². The molecular weight excluding hydrogens is 308 g/mol. The molecule has 24 heavy (non-hydrogen) atoms. The third-order valence-electron chi connectivity index (χ3n) is 3.29. The van der Waals surface area contributed by atoms with E-state index in [2.05, 4.69) is 10.6 Å². The Balaban J connectivity index is 1.71. The van der Waals surface area contributed by atoms with E-state index in [1.54, 1.807) is 48.5 Å². The average molecular weight is 324 g/mol. The van der Waals surface area contributed by atoms with Gasteiger partial charge in [-0.2, -0.15) is 0 Å². The number of benzene rings is 2. The van der Waals surface area contributed by atoms with Gasteiger partial charge in [0.2, 0.25) is 5.88 Å². The predicted molar refractivity (Wildman–Crippen MR) is 92.7 cm³/mol. The van der Waals surface area contributed by atoms with Gasteiger partial charge in [0.25, 0.3) is 0 Å². The summed E-state index contributed by atoms with van der Waals surface area (Å²) in [6.45, 7) is 2.48. The minimum absolute atomic E-state index is 0.0853. The van der Waals surface area contributed by atoms with Crippen LogP contribution in [0.2, 0.25) is 0 Å². The highest BCUT2D eigenvalue weighted by Gasteiger charge is 2.08. The summed E-state index contributed by atoms with van der Waals surface area (Å²) in [6, 6.07) is 14.6. The van der Waals surface area contributed by atoms with Crippen LogP contribution in [-0.4, -0.2) is 12.6 Å². The molecule has 0 radical (unpaired) electrons. The van der Waals surface area contributed by atoms with E-state index in [4.69, 9.17) is 9.15 Å². The third-order valence-corrected chi connectivity index (χ3v) is 3.29. The van der Waals surface area contributed by atoms with Crippen LogP contribution in [0.5, 0.6) is 5.75 Å². The van der Waals surface area contributed by atoms with Gasteiger partial charge in [-0.05, 0) is 43.3 Å². The summed E-state index contributed by atoms with van der Waals surface area (Å²) in [7, 11) is 0. The summed E-state index contributed by atoms with van der Waals surface area (Å²) in [5, 5.41) is 5.64. The first kappa shape index (κ1) is 15.6. The lowest BCUT2D eigenvalue weighted by molar-refractivity contribution is 0.261. The first-order chi connectivity index (χ1) is 11.7. The number of hydrogen-bond acceptors (Lipinski definition) is 4. The number of ether oxygens (including phenoxy) is 1. The first-order valence-corrected chi connectivity index (χ1v) is 7.49. The van der Waals surface area contributed by atoms with Gasteiger partial charge in [0.15, 0.2) is 5.43 Å². The van der Waals surface area contributed by atoms with Crippen molar-refractivity contribution in [2.45, 2.75) is 6.92 Å². The molecule has 122 valence electrons. The Bertz CT molecular complexity index is 916. The minimum atomic E-state index is -0.502. The lowest BCUT2D eigenvalue weighted by atomic mass is 10.2. The number of carbonyl (C=O) groups is 1. The van der Waals surface area contributed by atoms with Gasteiger partial charge >= 0.3 is 6.03 Å². The molecule has 0 saturated carbocycles. The van der Waals surface area contributed by atoms with E-state index in [9.17, 15) is 9.59 Å². The Hall–Kier alpha value is -3.28. The monoisotopic (exact) mass is 324 g/mol. The number of amides is 2. The van der Waals surface area contributed by atoms with Crippen LogP contribution >= 0.6 is 0 Å². The lowest BCUT2D eigenvalue weighted by Gasteiger charge is -2.08. The zero-order chi connectivity index (χ0) is 16.9. The predicted octanol–water partition coefficient (Wildman–Crippen LogP) is 3.84. The second-order valence-corrected chi connectivity index (χ2v) is 5.01. The van der Waals surface area contributed by atoms with Gasteiger partial charge in [-0.15, -0.1) is 0 Å². The van der Waals surface area contributed by atoms with E-state index in [1.165, 1.54) is 6.07 Å². The summed E-state index contributed by atoms with van der Waals surface area (Å²) in [4.78, 5) is 24.0. The average Bonchev–Trinajstić information content (AvgIpc) is 2.57. The highest BCUT2D eigenvalue weighted by Crippen LogP contribution is 2.17. The number of hydrogen-bond donors (Lipinski definition) is 2. The molecule has 6 nitrogen and oxygen atoms in total. The molecule has 0 fully saturated rings. The molecule has 0 atom stereocenters. The summed E-state index contributed by atoms with van der Waals surface area (Å²) >= 11 is 0. The lowest BCUT2D eigenvalue weighted by Crippen LogP contribution is -2.20. The van der Waals surface area contributed by atoms with Gasteiger partial charge in [-0.25, -0.2) is 4.79 Å². The molecule has 2 N–H and O–H groups in total. The van der Waals surface area contributed by atoms with Gasteiger partial charge in [0.05, 0.1) is 12.0 Å². The van der Waals surface area contributed by atoms with Crippen molar-refractivity contribution in [3.05, 3.63) is 64.8 Å². The highest BCUT2D eigenvalue weighted by atomic mass is 16.5. The summed E-state index contributed by atoms with van der Waals surface area (Å²) < 4.78 is 10.8. The first-order valence-electron chi connectivity index (χ1n) is 7.49. The topological polar surface area (TPSA) is 80.6 Å². The van der Waals surface area contributed by atoms with Crippen molar-refractivity contribution in [1.29, 1.82) is 0 Å². The van der Waals surface area contributed by atoms with Gasteiger partial charge in [0.1, 0.15) is 11.3 Å². The smallest absolute Gasteiger partial charge is 0.326 e. The standard InChI is InChI=1S/C18H16N2O4/c1-2-23-13-9-7-12(8-10-13)19-18(22)20-17-11-15(21)14-5-3-4-6-16(14)24-17/h3-11H,2H2,1H3,(H2,19,20,22). The van der Waals surface area contributed by atoms with Crippen molar-refractivity contribution < 1.29 is 13.9 Å². The Morgan fingerprint density at radius 3 is 2.58 bits per heavy atom. The van der Waals surface area contributed by atoms with Crippen LogP contribution in [0, 0.1) is 0 Å². The fraction of sp³-hybridized carbons (Fsp3) is 0.111. The van der Waals surface area contributed by atoms with Crippen LogP contribution in [0.3, 0.4) is 0 Å². The second-order valence-electron chi connectivity index (χ2n) is 5.01. The number of urea groups is 1. The van der Waals surface area contributed by atoms with Crippen molar-refractivity contribution in [1.82, 2.24) is 0 Å². The van der Waals surface area contributed by atoms with Gasteiger partial charge in [-0.3, -0.25) is 10.1 Å². The van der Waals surface area contributed by atoms with Crippen LogP contribution in [-0.2, 0) is 0 Å². The fourth-order valence-corrected chi connectivity index (χ4v) is 2.24. The molecule has 1 aromatic heterocycles. The number of para-hydroxylation sites is 1. The Morgan fingerprint density at radius 1 is 1.08 bits per heavy atom. The quantitative estimate of drug-likeness (QED) is 0.764. The maximum Gasteiger partial charge on any atom is 0.326 e. The maximum absolute atomic E-state index is 12.0. The van der Waals surface area contributed by atoms with E-state index in [0.717, 1.165) is 5.75 Å². The van der Waals surface area contributed by atoms with E-state index >= 15 is 0 Å². The van der Waals surface area contributed by atoms with E-state index < -0.39 is 6.03 Å². The molecule has 0 spiro atoms. The number of fused-ring (bicyclic) bond motifs is 1. The molecule has 1 heterocycles. The van der Waals surface area contributed by atoms with Crippen LogP contribution in [0.25, 0.3) is 11.0 Å². The molecule has 3 aromatic rings. The molecule has 2 aromatic carbocycles. The van der Waals surface area contributed by atoms with Gasteiger partial charge in [-0.1, -0.05) is 12.1 Å². The Morgan fingerprint density at radius 2 is 1.83 bits per heavy atom. The zero-order valence-electron chi connectivity index (χ0n) is 13.0. The minimum Gasteiger partial charge on any atom is -0.494 e. The second kappa shape index (κ2) is 6.87. The van der Waals surface area contributed by atoms with Crippen LogP contribution in [0.15, 0.2) is 63.8 Å². The normalized spacial score (nSPS) is 10.4.